The number of pyridine rings is 1. The smallest absolute Gasteiger partial charge is 0.0419 e. The highest BCUT2D eigenvalue weighted by Crippen LogP contribution is 2.24. The minimum atomic E-state index is 0.444. The van der Waals surface area contributed by atoms with Crippen LogP contribution >= 0.6 is 27.3 Å². The molecule has 2 nitrogen and oxygen atoms in total. The van der Waals surface area contributed by atoms with E-state index in [1.54, 1.807) is 0 Å². The van der Waals surface area contributed by atoms with Gasteiger partial charge in [0.15, 0.2) is 0 Å². The molecule has 0 radical (unpaired) electrons. The van der Waals surface area contributed by atoms with Gasteiger partial charge in [-0.3, -0.25) is 4.98 Å². The molecule has 2 heterocycles. The molecule has 0 aliphatic rings. The number of hydrogen-bond acceptors (Lipinski definition) is 3. The van der Waals surface area contributed by atoms with Crippen molar-refractivity contribution >= 4 is 27.3 Å². The van der Waals surface area contributed by atoms with Crippen LogP contribution in [0, 0.1) is 0 Å². The van der Waals surface area contributed by atoms with E-state index in [-0.39, 0.29) is 0 Å². The fourth-order valence-corrected chi connectivity index (χ4v) is 3.57. The van der Waals surface area contributed by atoms with E-state index in [4.69, 9.17) is 0 Å². The monoisotopic (exact) mass is 324 g/mol. The Labute approximate surface area is 121 Å². The van der Waals surface area contributed by atoms with E-state index in [2.05, 4.69) is 50.7 Å². The van der Waals surface area contributed by atoms with E-state index in [0.29, 0.717) is 6.04 Å². The predicted octanol–water partition coefficient (Wildman–Crippen LogP) is 3.67. The molecule has 0 saturated heterocycles. The Bertz CT molecular complexity index is 470. The van der Waals surface area contributed by atoms with Crippen LogP contribution in [0.2, 0.25) is 0 Å². The Morgan fingerprint density at radius 2 is 2.22 bits per heavy atom. The lowest BCUT2D eigenvalue weighted by Gasteiger charge is -2.17. The molecule has 18 heavy (non-hydrogen) atoms. The van der Waals surface area contributed by atoms with Crippen molar-refractivity contribution in [2.24, 2.45) is 0 Å². The van der Waals surface area contributed by atoms with Crippen LogP contribution in [0.4, 0.5) is 0 Å². The van der Waals surface area contributed by atoms with Crippen LogP contribution in [0.25, 0.3) is 0 Å². The van der Waals surface area contributed by atoms with Crippen molar-refractivity contribution in [3.8, 4) is 0 Å². The second kappa shape index (κ2) is 7.02. The van der Waals surface area contributed by atoms with E-state index in [1.807, 2.05) is 29.7 Å². The molecule has 0 fully saturated rings. The highest BCUT2D eigenvalue weighted by molar-refractivity contribution is 9.10. The third-order valence-corrected chi connectivity index (χ3v) is 4.75. The largest absolute Gasteiger partial charge is 0.314 e. The molecule has 1 atom stereocenters. The molecule has 4 heteroatoms. The average molecular weight is 325 g/mol. The zero-order chi connectivity index (χ0) is 12.8. The third-order valence-electron chi connectivity index (χ3n) is 2.80. The topological polar surface area (TPSA) is 24.9 Å². The SMILES string of the molecule is CCNC(Cc1ccccn1)Cc1sccc1Br. The summed E-state index contributed by atoms with van der Waals surface area (Å²) in [4.78, 5) is 5.80. The van der Waals surface area contributed by atoms with Gasteiger partial charge >= 0.3 is 0 Å². The van der Waals surface area contributed by atoms with Crippen LogP contribution in [0.15, 0.2) is 40.3 Å². The zero-order valence-electron chi connectivity index (χ0n) is 10.4. The van der Waals surface area contributed by atoms with Crippen LogP contribution in [0.3, 0.4) is 0 Å². The second-order valence-corrected chi connectivity index (χ2v) is 6.03. The molecule has 96 valence electrons. The predicted molar refractivity (Wildman–Crippen MR) is 81.1 cm³/mol. The number of halogens is 1. The van der Waals surface area contributed by atoms with Crippen molar-refractivity contribution < 1.29 is 0 Å². The minimum absolute atomic E-state index is 0.444. The van der Waals surface area contributed by atoms with Crippen molar-refractivity contribution in [1.82, 2.24) is 10.3 Å². The van der Waals surface area contributed by atoms with Gasteiger partial charge in [0.2, 0.25) is 0 Å². The third kappa shape index (κ3) is 3.90. The molecular formula is C14H17BrN2S. The Hall–Kier alpha value is -0.710. The number of aromatic nitrogens is 1. The molecule has 0 aliphatic carbocycles. The van der Waals surface area contributed by atoms with Crippen LogP contribution < -0.4 is 5.32 Å². The van der Waals surface area contributed by atoms with Crippen molar-refractivity contribution in [2.45, 2.75) is 25.8 Å². The lowest BCUT2D eigenvalue weighted by molar-refractivity contribution is 0.519. The summed E-state index contributed by atoms with van der Waals surface area (Å²) in [7, 11) is 0. The van der Waals surface area contributed by atoms with Gasteiger partial charge in [0.1, 0.15) is 0 Å². The number of likely N-dealkylation sites (N-methyl/N-ethyl adjacent to an activating group) is 1. The molecular weight excluding hydrogens is 308 g/mol. The van der Waals surface area contributed by atoms with Crippen LogP contribution in [-0.4, -0.2) is 17.6 Å². The molecule has 0 saturated carbocycles. The number of rotatable bonds is 6. The molecule has 2 aromatic rings. The Balaban J connectivity index is 2.02. The van der Waals surface area contributed by atoms with Gasteiger partial charge in [-0.05, 0) is 52.5 Å². The van der Waals surface area contributed by atoms with Crippen LogP contribution in [-0.2, 0) is 12.8 Å². The highest BCUT2D eigenvalue weighted by Gasteiger charge is 2.12. The number of nitrogens with one attached hydrogen (secondary N) is 1. The van der Waals surface area contributed by atoms with Gasteiger partial charge in [-0.25, -0.2) is 0 Å². The molecule has 0 aliphatic heterocycles. The number of thiophene rings is 1. The summed E-state index contributed by atoms with van der Waals surface area (Å²) >= 11 is 5.41. The number of hydrogen-bond donors (Lipinski definition) is 1. The van der Waals surface area contributed by atoms with Crippen molar-refractivity contribution in [1.29, 1.82) is 0 Å². The van der Waals surface area contributed by atoms with Gasteiger partial charge in [0.25, 0.3) is 0 Å². The van der Waals surface area contributed by atoms with E-state index in [1.165, 1.54) is 9.35 Å². The molecule has 0 bridgehead atoms. The maximum atomic E-state index is 4.40. The fourth-order valence-electron chi connectivity index (χ4n) is 1.97. The summed E-state index contributed by atoms with van der Waals surface area (Å²) < 4.78 is 1.22. The first-order chi connectivity index (χ1) is 8.79. The van der Waals surface area contributed by atoms with Gasteiger partial charge in [0.05, 0.1) is 0 Å². The average Bonchev–Trinajstić information content (AvgIpc) is 2.77. The fraction of sp³-hybridized carbons (Fsp3) is 0.357. The maximum absolute atomic E-state index is 4.40. The maximum Gasteiger partial charge on any atom is 0.0419 e. The summed E-state index contributed by atoms with van der Waals surface area (Å²) in [5, 5.41) is 5.67. The summed E-state index contributed by atoms with van der Waals surface area (Å²) in [5.74, 6) is 0. The molecule has 0 spiro atoms. The Morgan fingerprint density at radius 1 is 1.33 bits per heavy atom. The summed E-state index contributed by atoms with van der Waals surface area (Å²) in [6, 6.07) is 8.66. The molecule has 1 unspecified atom stereocenters. The quantitative estimate of drug-likeness (QED) is 0.876. The lowest BCUT2D eigenvalue weighted by Crippen LogP contribution is -2.33. The second-order valence-electron chi connectivity index (χ2n) is 4.18. The summed E-state index contributed by atoms with van der Waals surface area (Å²) in [6.45, 7) is 3.13. The van der Waals surface area contributed by atoms with E-state index in [0.717, 1.165) is 25.1 Å². The molecule has 1 N–H and O–H groups in total. The van der Waals surface area contributed by atoms with E-state index < -0.39 is 0 Å². The first-order valence-electron chi connectivity index (χ1n) is 6.14. The summed E-state index contributed by atoms with van der Waals surface area (Å²) in [5.41, 5.74) is 1.15. The standard InChI is InChI=1S/C14H17BrN2S/c1-2-16-12(9-11-5-3-4-7-17-11)10-14-13(15)6-8-18-14/h3-8,12,16H,2,9-10H2,1H3. The van der Waals surface area contributed by atoms with E-state index >= 15 is 0 Å². The molecule has 2 rings (SSSR count). The Morgan fingerprint density at radius 3 is 2.83 bits per heavy atom. The van der Waals surface area contributed by atoms with Crippen molar-refractivity contribution in [2.75, 3.05) is 6.54 Å². The van der Waals surface area contributed by atoms with E-state index in [9.17, 15) is 0 Å². The normalized spacial score (nSPS) is 12.6. The first-order valence-corrected chi connectivity index (χ1v) is 7.82. The van der Waals surface area contributed by atoms with Crippen LogP contribution in [0.5, 0.6) is 0 Å². The Kier molecular flexibility index (Phi) is 5.35. The minimum Gasteiger partial charge on any atom is -0.314 e. The van der Waals surface area contributed by atoms with Gasteiger partial charge in [-0.15, -0.1) is 11.3 Å². The zero-order valence-corrected chi connectivity index (χ0v) is 12.8. The lowest BCUT2D eigenvalue weighted by atomic mass is 10.1. The first kappa shape index (κ1) is 13.7. The van der Waals surface area contributed by atoms with Crippen molar-refractivity contribution in [3.63, 3.8) is 0 Å². The summed E-state index contributed by atoms with van der Waals surface area (Å²) in [6.07, 6.45) is 3.88. The molecule has 2 aromatic heterocycles. The molecule has 0 amide bonds. The van der Waals surface area contributed by atoms with Crippen molar-refractivity contribution in [3.05, 3.63) is 50.9 Å². The van der Waals surface area contributed by atoms with Gasteiger partial charge in [0, 0.05) is 33.7 Å². The number of nitrogens with zero attached hydrogens (tertiary/aromatic N) is 1. The van der Waals surface area contributed by atoms with Gasteiger partial charge in [-0.1, -0.05) is 13.0 Å². The molecule has 0 aromatic carbocycles. The highest BCUT2D eigenvalue weighted by atomic mass is 79.9. The van der Waals surface area contributed by atoms with Crippen LogP contribution in [0.1, 0.15) is 17.5 Å². The van der Waals surface area contributed by atoms with Gasteiger partial charge in [-0.2, -0.15) is 0 Å². The van der Waals surface area contributed by atoms with Gasteiger partial charge < -0.3 is 5.32 Å².